The smallest absolute Gasteiger partial charge is 0.434 e. The molecule has 0 bridgehead atoms. The zero-order valence-corrected chi connectivity index (χ0v) is 21.8. The number of hydrogen-bond donors (Lipinski definition) is 0. The molecule has 6 heteroatoms. The van der Waals surface area contributed by atoms with Gasteiger partial charge in [-0.1, -0.05) is 116 Å². The van der Waals surface area contributed by atoms with Gasteiger partial charge >= 0.3 is 12.3 Å². The van der Waals surface area contributed by atoms with Crippen LogP contribution in [0.5, 0.6) is 0 Å². The van der Waals surface area contributed by atoms with Gasteiger partial charge in [-0.2, -0.15) is 0 Å². The summed E-state index contributed by atoms with van der Waals surface area (Å²) < 4.78 is 20.6. The van der Waals surface area contributed by atoms with E-state index in [0.29, 0.717) is 26.4 Å². The van der Waals surface area contributed by atoms with E-state index >= 15 is 0 Å². The maximum absolute atomic E-state index is 11.6. The molecule has 1 saturated heterocycles. The summed E-state index contributed by atoms with van der Waals surface area (Å²) in [5.41, 5.74) is 0. The van der Waals surface area contributed by atoms with E-state index in [-0.39, 0.29) is 0 Å². The Morgan fingerprint density at radius 1 is 0.265 bits per heavy atom. The van der Waals surface area contributed by atoms with E-state index in [2.05, 4.69) is 0 Å². The predicted octanol–water partition coefficient (Wildman–Crippen LogP) is 8.89. The Labute approximate surface area is 208 Å². The van der Waals surface area contributed by atoms with Crippen molar-refractivity contribution >= 4 is 12.3 Å². The first-order valence-corrected chi connectivity index (χ1v) is 14.4. The number of rotatable bonds is 0. The Hall–Kier alpha value is -1.46. The second-order valence-corrected chi connectivity index (χ2v) is 9.67. The van der Waals surface area contributed by atoms with Crippen molar-refractivity contribution in [2.24, 2.45) is 0 Å². The van der Waals surface area contributed by atoms with Gasteiger partial charge in [0, 0.05) is 0 Å². The molecule has 0 aromatic rings. The number of carbonyl (C=O) groups excluding carboxylic acids is 2. The number of cyclic esters (lactones) is 4. The van der Waals surface area contributed by atoms with E-state index < -0.39 is 12.3 Å². The van der Waals surface area contributed by atoms with Crippen LogP contribution in [0.3, 0.4) is 0 Å². The molecule has 0 unspecified atom stereocenters. The largest absolute Gasteiger partial charge is 0.508 e. The fourth-order valence-corrected chi connectivity index (χ4v) is 4.30. The molecule has 200 valence electrons. The normalized spacial score (nSPS) is 22.5. The Morgan fingerprint density at radius 2 is 0.412 bits per heavy atom. The molecule has 0 saturated carbocycles. The van der Waals surface area contributed by atoms with Crippen LogP contribution in [0.15, 0.2) is 0 Å². The molecule has 0 spiro atoms. The van der Waals surface area contributed by atoms with Gasteiger partial charge in [0.2, 0.25) is 0 Å². The van der Waals surface area contributed by atoms with Gasteiger partial charge in [-0.05, 0) is 25.7 Å². The zero-order chi connectivity index (χ0) is 24.4. The molecule has 34 heavy (non-hydrogen) atoms. The van der Waals surface area contributed by atoms with Crippen LogP contribution in [-0.2, 0) is 18.9 Å². The third-order valence-electron chi connectivity index (χ3n) is 6.46. The summed E-state index contributed by atoms with van der Waals surface area (Å²) in [6.45, 7) is 1.89. The topological polar surface area (TPSA) is 71.1 Å². The van der Waals surface area contributed by atoms with Crippen molar-refractivity contribution in [3.8, 4) is 0 Å². The van der Waals surface area contributed by atoms with E-state index in [9.17, 15) is 9.59 Å². The third-order valence-corrected chi connectivity index (χ3v) is 6.46. The van der Waals surface area contributed by atoms with Crippen molar-refractivity contribution in [3.05, 3.63) is 0 Å². The van der Waals surface area contributed by atoms with Gasteiger partial charge in [-0.3, -0.25) is 0 Å². The summed E-state index contributed by atoms with van der Waals surface area (Å²) in [4.78, 5) is 23.2. The second-order valence-electron chi connectivity index (χ2n) is 9.67. The monoisotopic (exact) mass is 484 g/mol. The number of carbonyl (C=O) groups is 2. The Balaban J connectivity index is 2.11. The zero-order valence-electron chi connectivity index (χ0n) is 21.8. The van der Waals surface area contributed by atoms with Crippen LogP contribution in [0, 0.1) is 0 Å². The van der Waals surface area contributed by atoms with Crippen molar-refractivity contribution < 1.29 is 28.5 Å². The van der Waals surface area contributed by atoms with Gasteiger partial charge in [0.15, 0.2) is 0 Å². The molecule has 6 nitrogen and oxygen atoms in total. The molecule has 1 fully saturated rings. The first kappa shape index (κ1) is 30.6. The SMILES string of the molecule is O=C1OCCCCCCCCCCCCCCOC(=O)OCCCCCCCCCCCCO1. The highest BCUT2D eigenvalue weighted by molar-refractivity contribution is 5.60. The maximum atomic E-state index is 11.6. The predicted molar refractivity (Wildman–Crippen MR) is 136 cm³/mol. The Morgan fingerprint density at radius 3 is 0.588 bits per heavy atom. The van der Waals surface area contributed by atoms with E-state index in [1.165, 1.54) is 89.9 Å². The van der Waals surface area contributed by atoms with Gasteiger partial charge in [0.25, 0.3) is 0 Å². The highest BCUT2D eigenvalue weighted by atomic mass is 16.7. The standard InChI is InChI=1S/C28H52O6/c29-27-31-23-19-15-11-7-3-1-2-4-8-12-16-20-24-32-28(30)34-26-22-18-14-10-6-5-9-13-17-21-25-33-27/h1-26H2. The van der Waals surface area contributed by atoms with Crippen LogP contribution in [0.25, 0.3) is 0 Å². The summed E-state index contributed by atoms with van der Waals surface area (Å²) in [5.74, 6) is 0. The molecule has 0 amide bonds. The highest BCUT2D eigenvalue weighted by Gasteiger charge is 2.04. The Kier molecular flexibility index (Phi) is 22.2. The van der Waals surface area contributed by atoms with Gasteiger partial charge in [-0.15, -0.1) is 0 Å². The van der Waals surface area contributed by atoms with Crippen molar-refractivity contribution in [2.75, 3.05) is 26.4 Å². The van der Waals surface area contributed by atoms with Gasteiger partial charge in [0.05, 0.1) is 26.4 Å². The number of hydrogen-bond acceptors (Lipinski definition) is 6. The van der Waals surface area contributed by atoms with Crippen molar-refractivity contribution in [3.63, 3.8) is 0 Å². The van der Waals surface area contributed by atoms with E-state index in [4.69, 9.17) is 18.9 Å². The lowest BCUT2D eigenvalue weighted by Crippen LogP contribution is -2.09. The molecule has 0 N–H and O–H groups in total. The molecule has 0 radical (unpaired) electrons. The number of ether oxygens (including phenoxy) is 4. The summed E-state index contributed by atoms with van der Waals surface area (Å²) in [7, 11) is 0. The lowest BCUT2D eigenvalue weighted by Gasteiger charge is -2.07. The van der Waals surface area contributed by atoms with Crippen LogP contribution in [0.1, 0.15) is 141 Å². The van der Waals surface area contributed by atoms with Crippen molar-refractivity contribution in [1.82, 2.24) is 0 Å². The minimum atomic E-state index is -0.506. The summed E-state index contributed by atoms with van der Waals surface area (Å²) in [6.07, 6.45) is 24.6. The van der Waals surface area contributed by atoms with Crippen LogP contribution >= 0.6 is 0 Å². The lowest BCUT2D eigenvalue weighted by atomic mass is 10.1. The summed E-state index contributed by atoms with van der Waals surface area (Å²) in [6, 6.07) is 0. The molecule has 1 rings (SSSR count). The molecule has 0 aliphatic carbocycles. The van der Waals surface area contributed by atoms with Gasteiger partial charge in [-0.25, -0.2) is 9.59 Å². The van der Waals surface area contributed by atoms with Crippen LogP contribution < -0.4 is 0 Å². The van der Waals surface area contributed by atoms with Crippen LogP contribution in [-0.4, -0.2) is 38.7 Å². The molecule has 1 aliphatic rings. The molecule has 0 aromatic carbocycles. The highest BCUT2D eigenvalue weighted by Crippen LogP contribution is 2.13. The van der Waals surface area contributed by atoms with E-state index in [0.717, 1.165) is 51.4 Å². The van der Waals surface area contributed by atoms with E-state index in [1.54, 1.807) is 0 Å². The summed E-state index contributed by atoms with van der Waals surface area (Å²) >= 11 is 0. The molecule has 0 aromatic heterocycles. The average Bonchev–Trinajstić information content (AvgIpc) is 2.83. The average molecular weight is 485 g/mol. The first-order chi connectivity index (χ1) is 16.8. The quantitative estimate of drug-likeness (QED) is 0.320. The maximum Gasteiger partial charge on any atom is 0.508 e. The lowest BCUT2D eigenvalue weighted by molar-refractivity contribution is 0.0519. The Bertz CT molecular complexity index is 426. The van der Waals surface area contributed by atoms with Crippen molar-refractivity contribution in [1.29, 1.82) is 0 Å². The minimum absolute atomic E-state index is 0.467. The minimum Gasteiger partial charge on any atom is -0.434 e. The summed E-state index contributed by atoms with van der Waals surface area (Å²) in [5, 5.41) is 0. The molecule has 0 atom stereocenters. The molecular weight excluding hydrogens is 432 g/mol. The van der Waals surface area contributed by atoms with Crippen molar-refractivity contribution in [2.45, 2.75) is 141 Å². The van der Waals surface area contributed by atoms with Gasteiger partial charge in [0.1, 0.15) is 0 Å². The fourth-order valence-electron chi connectivity index (χ4n) is 4.30. The van der Waals surface area contributed by atoms with Crippen LogP contribution in [0.2, 0.25) is 0 Å². The molecular formula is C28H52O6. The second kappa shape index (κ2) is 24.7. The fraction of sp³-hybridized carbons (Fsp3) is 0.929. The van der Waals surface area contributed by atoms with Crippen LogP contribution in [0.4, 0.5) is 9.59 Å². The first-order valence-electron chi connectivity index (χ1n) is 14.4. The van der Waals surface area contributed by atoms with Gasteiger partial charge < -0.3 is 18.9 Å². The molecule has 1 aliphatic heterocycles. The third kappa shape index (κ3) is 22.3. The molecule has 1 heterocycles. The van der Waals surface area contributed by atoms with E-state index in [1.807, 2.05) is 0 Å².